The van der Waals surface area contributed by atoms with E-state index in [0.29, 0.717) is 24.6 Å². The smallest absolute Gasteiger partial charge is 0.411 e. The van der Waals surface area contributed by atoms with Gasteiger partial charge in [-0.05, 0) is 102 Å². The molecule has 0 bridgehead atoms. The number of ether oxygens (including phenoxy) is 2. The van der Waals surface area contributed by atoms with Crippen LogP contribution in [0.25, 0.3) is 0 Å². The number of unbranched alkanes of at least 4 members (excludes halogenated alkanes) is 14. The van der Waals surface area contributed by atoms with Gasteiger partial charge in [0.15, 0.2) is 0 Å². The molecule has 0 aliphatic heterocycles. The van der Waals surface area contributed by atoms with Crippen LogP contribution in [-0.2, 0) is 9.47 Å². The molecule has 0 radical (unpaired) electrons. The van der Waals surface area contributed by atoms with Crippen LogP contribution >= 0.6 is 0 Å². The lowest BCUT2D eigenvalue weighted by Gasteiger charge is -2.20. The standard InChI is InChI=1S/C38H70N4O4/c1-5-9-11-13-15-17-19-29-41(7-3)31-21-23-33-45-37(43)39-35-25-27-36(28-26-35)40-38(44)46-34-24-22-32-42(8-4)30-20-18-16-14-12-10-6-2/h25-28H,5-24,29-34H2,1-4H3,(H,39,43)(H,40,44). The summed E-state index contributed by atoms with van der Waals surface area (Å²) in [6, 6.07) is 6.96. The zero-order valence-electron chi connectivity index (χ0n) is 30.2. The highest BCUT2D eigenvalue weighted by Gasteiger charge is 2.08. The zero-order chi connectivity index (χ0) is 33.5. The van der Waals surface area contributed by atoms with Crippen molar-refractivity contribution in [3.8, 4) is 0 Å². The molecule has 0 fully saturated rings. The fourth-order valence-corrected chi connectivity index (χ4v) is 5.59. The summed E-state index contributed by atoms with van der Waals surface area (Å²) in [5, 5.41) is 5.51. The van der Waals surface area contributed by atoms with Gasteiger partial charge < -0.3 is 19.3 Å². The van der Waals surface area contributed by atoms with Gasteiger partial charge in [0, 0.05) is 11.4 Å². The average molecular weight is 647 g/mol. The molecule has 0 atom stereocenters. The predicted molar refractivity (Wildman–Crippen MR) is 195 cm³/mol. The summed E-state index contributed by atoms with van der Waals surface area (Å²) in [5.74, 6) is 0. The summed E-state index contributed by atoms with van der Waals surface area (Å²) >= 11 is 0. The van der Waals surface area contributed by atoms with E-state index < -0.39 is 12.2 Å². The second-order valence-corrected chi connectivity index (χ2v) is 12.6. The third-order valence-electron chi connectivity index (χ3n) is 8.63. The van der Waals surface area contributed by atoms with Gasteiger partial charge in [-0.2, -0.15) is 0 Å². The van der Waals surface area contributed by atoms with Crippen molar-refractivity contribution < 1.29 is 19.1 Å². The maximum atomic E-state index is 12.2. The SMILES string of the molecule is CCCCCCCCCN(CC)CCCCOC(=O)Nc1ccc(NC(=O)OCCCCN(CC)CCCCCCCCC)cc1. The molecule has 0 spiro atoms. The molecule has 0 aromatic heterocycles. The van der Waals surface area contributed by atoms with E-state index in [4.69, 9.17) is 9.47 Å². The number of hydrogen-bond acceptors (Lipinski definition) is 6. The normalized spacial score (nSPS) is 11.3. The highest BCUT2D eigenvalue weighted by atomic mass is 16.6. The second-order valence-electron chi connectivity index (χ2n) is 12.6. The molecule has 0 heterocycles. The van der Waals surface area contributed by atoms with Gasteiger partial charge in [0.25, 0.3) is 0 Å². The molecule has 8 nitrogen and oxygen atoms in total. The summed E-state index contributed by atoms with van der Waals surface area (Å²) < 4.78 is 10.7. The lowest BCUT2D eigenvalue weighted by Crippen LogP contribution is -2.26. The number of hydrogen-bond donors (Lipinski definition) is 2. The van der Waals surface area contributed by atoms with Crippen LogP contribution in [0.5, 0.6) is 0 Å². The van der Waals surface area contributed by atoms with Crippen LogP contribution in [0, 0.1) is 0 Å². The number of carbonyl (C=O) groups excluding carboxylic acids is 2. The summed E-state index contributed by atoms with van der Waals surface area (Å²) in [6.07, 6.45) is 21.5. The Hall–Kier alpha value is -2.32. The molecule has 1 rings (SSSR count). The van der Waals surface area contributed by atoms with Gasteiger partial charge in [0.05, 0.1) is 13.2 Å². The van der Waals surface area contributed by atoms with E-state index in [1.54, 1.807) is 24.3 Å². The van der Waals surface area contributed by atoms with Gasteiger partial charge in [-0.25, -0.2) is 9.59 Å². The molecule has 8 heteroatoms. The molecule has 46 heavy (non-hydrogen) atoms. The first-order valence-corrected chi connectivity index (χ1v) is 18.9. The average Bonchev–Trinajstić information content (AvgIpc) is 3.06. The zero-order valence-corrected chi connectivity index (χ0v) is 30.2. The topological polar surface area (TPSA) is 83.1 Å². The minimum absolute atomic E-state index is 0.405. The Labute approximate surface area is 282 Å². The highest BCUT2D eigenvalue weighted by molar-refractivity contribution is 5.87. The Morgan fingerprint density at radius 3 is 1.11 bits per heavy atom. The summed E-state index contributed by atoms with van der Waals surface area (Å²) in [7, 11) is 0. The van der Waals surface area contributed by atoms with E-state index in [0.717, 1.165) is 65.0 Å². The van der Waals surface area contributed by atoms with Crippen LogP contribution in [0.15, 0.2) is 24.3 Å². The predicted octanol–water partition coefficient (Wildman–Crippen LogP) is 10.5. The van der Waals surface area contributed by atoms with Crippen molar-refractivity contribution in [1.29, 1.82) is 0 Å². The molecule has 1 aromatic rings. The van der Waals surface area contributed by atoms with Crippen molar-refractivity contribution in [3.63, 3.8) is 0 Å². The molecule has 266 valence electrons. The maximum absolute atomic E-state index is 12.2. The van der Waals surface area contributed by atoms with Crippen LogP contribution in [0.1, 0.15) is 143 Å². The number of nitrogens with zero attached hydrogens (tertiary/aromatic N) is 2. The number of benzene rings is 1. The van der Waals surface area contributed by atoms with Gasteiger partial charge in [-0.1, -0.05) is 105 Å². The summed E-state index contributed by atoms with van der Waals surface area (Å²) in [6.45, 7) is 16.3. The van der Waals surface area contributed by atoms with Crippen LogP contribution in [0.4, 0.5) is 21.0 Å². The molecule has 0 saturated carbocycles. The number of anilines is 2. The number of amides is 2. The Balaban J connectivity index is 2.11. The lowest BCUT2D eigenvalue weighted by molar-refractivity contribution is 0.156. The van der Waals surface area contributed by atoms with Gasteiger partial charge >= 0.3 is 12.2 Å². The van der Waals surface area contributed by atoms with E-state index in [-0.39, 0.29) is 0 Å². The van der Waals surface area contributed by atoms with Crippen molar-refractivity contribution in [3.05, 3.63) is 24.3 Å². The van der Waals surface area contributed by atoms with Gasteiger partial charge in [0.1, 0.15) is 0 Å². The van der Waals surface area contributed by atoms with E-state index in [9.17, 15) is 9.59 Å². The van der Waals surface area contributed by atoms with Crippen LogP contribution in [0.3, 0.4) is 0 Å². The maximum Gasteiger partial charge on any atom is 0.411 e. The monoisotopic (exact) mass is 647 g/mol. The minimum Gasteiger partial charge on any atom is -0.449 e. The highest BCUT2D eigenvalue weighted by Crippen LogP contribution is 2.15. The van der Waals surface area contributed by atoms with Crippen molar-refractivity contribution in [2.75, 3.05) is 63.1 Å². The van der Waals surface area contributed by atoms with Crippen LogP contribution < -0.4 is 10.6 Å². The fraction of sp³-hybridized carbons (Fsp3) is 0.789. The largest absolute Gasteiger partial charge is 0.449 e. The molecule has 2 N–H and O–H groups in total. The van der Waals surface area contributed by atoms with Crippen molar-refractivity contribution in [1.82, 2.24) is 9.80 Å². The molecule has 0 aliphatic carbocycles. The Morgan fingerprint density at radius 2 is 0.783 bits per heavy atom. The molecule has 0 saturated heterocycles. The van der Waals surface area contributed by atoms with Crippen molar-refractivity contribution in [2.24, 2.45) is 0 Å². The van der Waals surface area contributed by atoms with E-state index in [1.165, 1.54) is 89.9 Å². The van der Waals surface area contributed by atoms with Gasteiger partial charge in [-0.15, -0.1) is 0 Å². The first-order valence-electron chi connectivity index (χ1n) is 18.9. The fourth-order valence-electron chi connectivity index (χ4n) is 5.59. The summed E-state index contributed by atoms with van der Waals surface area (Å²) in [4.78, 5) is 29.4. The quantitative estimate of drug-likeness (QED) is 0.0809. The van der Waals surface area contributed by atoms with E-state index in [2.05, 4.69) is 48.1 Å². The van der Waals surface area contributed by atoms with Gasteiger partial charge in [0.2, 0.25) is 0 Å². The third kappa shape index (κ3) is 23.9. The van der Waals surface area contributed by atoms with E-state index in [1.807, 2.05) is 0 Å². The molecular weight excluding hydrogens is 576 g/mol. The number of nitrogens with one attached hydrogen (secondary N) is 2. The molecular formula is C38H70N4O4. The first-order chi connectivity index (χ1) is 22.5. The molecule has 1 aromatic carbocycles. The third-order valence-corrected chi connectivity index (χ3v) is 8.63. The van der Waals surface area contributed by atoms with Crippen molar-refractivity contribution >= 4 is 23.6 Å². The Morgan fingerprint density at radius 1 is 0.478 bits per heavy atom. The minimum atomic E-state index is -0.459. The molecule has 0 unspecified atom stereocenters. The first kappa shape index (κ1) is 41.7. The molecule has 0 aliphatic rings. The Kier molecular flexibility index (Phi) is 27.2. The number of carbonyl (C=O) groups is 2. The van der Waals surface area contributed by atoms with E-state index >= 15 is 0 Å². The van der Waals surface area contributed by atoms with Crippen molar-refractivity contribution in [2.45, 2.75) is 143 Å². The second kappa shape index (κ2) is 30.0. The lowest BCUT2D eigenvalue weighted by atomic mass is 10.1. The number of rotatable bonds is 30. The Bertz CT molecular complexity index is 783. The summed E-state index contributed by atoms with van der Waals surface area (Å²) in [5.41, 5.74) is 1.24. The van der Waals surface area contributed by atoms with Crippen LogP contribution in [0.2, 0.25) is 0 Å². The van der Waals surface area contributed by atoms with Gasteiger partial charge in [-0.3, -0.25) is 10.6 Å². The molecule has 2 amide bonds. The van der Waals surface area contributed by atoms with Crippen LogP contribution in [-0.4, -0.2) is 74.5 Å².